The SMILES string of the molecule is COC(=O)c1cc(CCCOC2CCCCO2)c(C(F)(F)F)cc1N. The lowest BCUT2D eigenvalue weighted by Crippen LogP contribution is -2.23. The van der Waals surface area contributed by atoms with Crippen LogP contribution in [0.25, 0.3) is 0 Å². The molecule has 1 aromatic carbocycles. The van der Waals surface area contributed by atoms with Crippen LogP contribution in [0.3, 0.4) is 0 Å². The molecule has 25 heavy (non-hydrogen) atoms. The Morgan fingerprint density at radius 3 is 2.72 bits per heavy atom. The van der Waals surface area contributed by atoms with Crippen molar-refractivity contribution in [2.45, 2.75) is 44.6 Å². The zero-order valence-corrected chi connectivity index (χ0v) is 14.0. The molecule has 1 aliphatic heterocycles. The Morgan fingerprint density at radius 1 is 1.36 bits per heavy atom. The second-order valence-corrected chi connectivity index (χ2v) is 5.86. The summed E-state index contributed by atoms with van der Waals surface area (Å²) >= 11 is 0. The molecule has 0 aromatic heterocycles. The summed E-state index contributed by atoms with van der Waals surface area (Å²) in [7, 11) is 1.15. The zero-order chi connectivity index (χ0) is 18.4. The van der Waals surface area contributed by atoms with E-state index in [-0.39, 0.29) is 36.1 Å². The van der Waals surface area contributed by atoms with Crippen molar-refractivity contribution >= 4 is 11.7 Å². The van der Waals surface area contributed by atoms with Gasteiger partial charge in [0.15, 0.2) is 6.29 Å². The van der Waals surface area contributed by atoms with E-state index in [4.69, 9.17) is 15.2 Å². The lowest BCUT2D eigenvalue weighted by molar-refractivity contribution is -0.162. The molecule has 0 radical (unpaired) electrons. The van der Waals surface area contributed by atoms with E-state index in [2.05, 4.69) is 4.74 Å². The highest BCUT2D eigenvalue weighted by molar-refractivity contribution is 5.95. The number of anilines is 1. The van der Waals surface area contributed by atoms with Crippen molar-refractivity contribution in [1.29, 1.82) is 0 Å². The number of carbonyl (C=O) groups is 1. The van der Waals surface area contributed by atoms with Gasteiger partial charge in [0.25, 0.3) is 0 Å². The number of ether oxygens (including phenoxy) is 3. The number of hydrogen-bond donors (Lipinski definition) is 1. The highest BCUT2D eigenvalue weighted by Gasteiger charge is 2.34. The smallest absolute Gasteiger partial charge is 0.416 e. The third-order valence-corrected chi connectivity index (χ3v) is 4.02. The summed E-state index contributed by atoms with van der Waals surface area (Å²) in [5.41, 5.74) is 4.41. The van der Waals surface area contributed by atoms with E-state index in [1.165, 1.54) is 0 Å². The molecule has 140 valence electrons. The van der Waals surface area contributed by atoms with Crippen LogP contribution in [-0.4, -0.2) is 32.6 Å². The van der Waals surface area contributed by atoms with Crippen molar-refractivity contribution in [2.24, 2.45) is 0 Å². The van der Waals surface area contributed by atoms with Crippen molar-refractivity contribution < 1.29 is 32.2 Å². The predicted octanol–water partition coefficient (Wildman–Crippen LogP) is 3.55. The lowest BCUT2D eigenvalue weighted by atomic mass is 9.98. The molecular weight excluding hydrogens is 339 g/mol. The van der Waals surface area contributed by atoms with E-state index in [1.807, 2.05) is 0 Å². The molecule has 8 heteroatoms. The van der Waals surface area contributed by atoms with Crippen molar-refractivity contribution in [2.75, 3.05) is 26.1 Å². The van der Waals surface area contributed by atoms with Crippen molar-refractivity contribution in [3.05, 3.63) is 28.8 Å². The summed E-state index contributed by atoms with van der Waals surface area (Å²) in [6.07, 6.45) is -1.56. The summed E-state index contributed by atoms with van der Waals surface area (Å²) in [5, 5.41) is 0. The Morgan fingerprint density at radius 2 is 2.12 bits per heavy atom. The first kappa shape index (κ1) is 19.5. The average molecular weight is 361 g/mol. The number of methoxy groups -OCH3 is 1. The van der Waals surface area contributed by atoms with Gasteiger partial charge in [0.05, 0.1) is 24.8 Å². The van der Waals surface area contributed by atoms with Crippen LogP contribution < -0.4 is 5.73 Å². The fraction of sp³-hybridized carbons (Fsp3) is 0.588. The number of benzene rings is 1. The number of alkyl halides is 3. The first-order chi connectivity index (χ1) is 11.8. The maximum atomic E-state index is 13.2. The van der Waals surface area contributed by atoms with Gasteiger partial charge < -0.3 is 19.9 Å². The summed E-state index contributed by atoms with van der Waals surface area (Å²) in [4.78, 5) is 11.7. The van der Waals surface area contributed by atoms with E-state index in [9.17, 15) is 18.0 Å². The quantitative estimate of drug-likeness (QED) is 0.477. The minimum absolute atomic E-state index is 0.00439. The number of carbonyl (C=O) groups excluding carboxylic acids is 1. The number of nitrogen functional groups attached to an aromatic ring is 1. The van der Waals surface area contributed by atoms with Crippen molar-refractivity contribution in [3.63, 3.8) is 0 Å². The number of halogens is 3. The van der Waals surface area contributed by atoms with Gasteiger partial charge in [-0.3, -0.25) is 0 Å². The van der Waals surface area contributed by atoms with Crippen LogP contribution in [0.1, 0.15) is 47.2 Å². The first-order valence-electron chi connectivity index (χ1n) is 8.14. The summed E-state index contributed by atoms with van der Waals surface area (Å²) in [6.45, 7) is 0.920. The molecule has 0 bridgehead atoms. The second-order valence-electron chi connectivity index (χ2n) is 5.86. The molecule has 0 saturated carbocycles. The molecule has 2 N–H and O–H groups in total. The molecule has 1 aliphatic rings. The Kier molecular flexibility index (Phi) is 6.66. The van der Waals surface area contributed by atoms with Crippen LogP contribution in [0, 0.1) is 0 Å². The Hall–Kier alpha value is -1.80. The number of aryl methyl sites for hydroxylation is 1. The summed E-state index contributed by atoms with van der Waals surface area (Å²) < 4.78 is 55.2. The molecule has 1 unspecified atom stereocenters. The molecule has 1 fully saturated rings. The van der Waals surface area contributed by atoms with E-state index in [1.54, 1.807) is 0 Å². The Labute approximate surface area is 144 Å². The number of hydrogen-bond acceptors (Lipinski definition) is 5. The highest BCUT2D eigenvalue weighted by atomic mass is 19.4. The van der Waals surface area contributed by atoms with Gasteiger partial charge >= 0.3 is 12.1 Å². The molecule has 0 spiro atoms. The fourth-order valence-electron chi connectivity index (χ4n) is 2.74. The maximum Gasteiger partial charge on any atom is 0.416 e. The van der Waals surface area contributed by atoms with Gasteiger partial charge in [-0.15, -0.1) is 0 Å². The van der Waals surface area contributed by atoms with Crippen LogP contribution in [0.2, 0.25) is 0 Å². The van der Waals surface area contributed by atoms with Crippen molar-refractivity contribution in [3.8, 4) is 0 Å². The third-order valence-electron chi connectivity index (χ3n) is 4.02. The fourth-order valence-corrected chi connectivity index (χ4v) is 2.74. The van der Waals surface area contributed by atoms with Gasteiger partial charge in [0.1, 0.15) is 0 Å². The van der Waals surface area contributed by atoms with E-state index in [0.717, 1.165) is 38.5 Å². The maximum absolute atomic E-state index is 13.2. The standard InChI is InChI=1S/C17H22F3NO4/c1-23-16(22)12-9-11(13(10-14(12)21)17(18,19)20)5-4-8-25-15-6-2-3-7-24-15/h9-10,15H,2-8,21H2,1H3. The largest absolute Gasteiger partial charge is 0.465 e. The van der Waals surface area contributed by atoms with Gasteiger partial charge in [0.2, 0.25) is 0 Å². The summed E-state index contributed by atoms with van der Waals surface area (Å²) in [5.74, 6) is -0.765. The van der Waals surface area contributed by atoms with Gasteiger partial charge in [-0.05, 0) is 49.8 Å². The molecule has 2 rings (SSSR count). The van der Waals surface area contributed by atoms with Crippen LogP contribution in [0.15, 0.2) is 12.1 Å². The molecular formula is C17H22F3NO4. The molecule has 0 aliphatic carbocycles. The van der Waals surface area contributed by atoms with E-state index in [0.29, 0.717) is 13.0 Å². The van der Waals surface area contributed by atoms with Crippen LogP contribution in [-0.2, 0) is 26.8 Å². The van der Waals surface area contributed by atoms with Crippen LogP contribution >= 0.6 is 0 Å². The molecule has 1 atom stereocenters. The molecule has 1 saturated heterocycles. The number of rotatable bonds is 6. The molecule has 1 heterocycles. The van der Waals surface area contributed by atoms with Crippen LogP contribution in [0.5, 0.6) is 0 Å². The van der Waals surface area contributed by atoms with Gasteiger partial charge in [-0.25, -0.2) is 4.79 Å². The highest BCUT2D eigenvalue weighted by Crippen LogP contribution is 2.35. The average Bonchev–Trinajstić information content (AvgIpc) is 2.58. The Bertz CT molecular complexity index is 598. The van der Waals surface area contributed by atoms with Crippen molar-refractivity contribution in [1.82, 2.24) is 0 Å². The Balaban J connectivity index is 2.06. The van der Waals surface area contributed by atoms with E-state index < -0.39 is 17.7 Å². The number of nitrogens with two attached hydrogens (primary N) is 1. The first-order valence-corrected chi connectivity index (χ1v) is 8.14. The molecule has 1 aromatic rings. The molecule has 0 amide bonds. The zero-order valence-electron chi connectivity index (χ0n) is 14.0. The predicted molar refractivity (Wildman–Crippen MR) is 85.1 cm³/mol. The third kappa shape index (κ3) is 5.34. The minimum atomic E-state index is -4.55. The number of esters is 1. The van der Waals surface area contributed by atoms with Gasteiger partial charge in [-0.2, -0.15) is 13.2 Å². The summed E-state index contributed by atoms with van der Waals surface area (Å²) in [6, 6.07) is 1.94. The normalized spacial score (nSPS) is 18.2. The topological polar surface area (TPSA) is 70.8 Å². The molecule has 5 nitrogen and oxygen atoms in total. The van der Waals surface area contributed by atoms with Crippen LogP contribution in [0.4, 0.5) is 18.9 Å². The van der Waals surface area contributed by atoms with Gasteiger partial charge in [0, 0.05) is 12.3 Å². The van der Waals surface area contributed by atoms with Gasteiger partial charge in [-0.1, -0.05) is 0 Å². The minimum Gasteiger partial charge on any atom is -0.465 e. The lowest BCUT2D eigenvalue weighted by Gasteiger charge is -2.22. The van der Waals surface area contributed by atoms with E-state index >= 15 is 0 Å². The monoisotopic (exact) mass is 361 g/mol. The second kappa shape index (κ2) is 8.53.